The maximum absolute atomic E-state index is 8.83. The van der Waals surface area contributed by atoms with Gasteiger partial charge in [-0.1, -0.05) is 17.7 Å². The van der Waals surface area contributed by atoms with Gasteiger partial charge in [0.15, 0.2) is 0 Å². The van der Waals surface area contributed by atoms with Gasteiger partial charge in [0, 0.05) is 36.5 Å². The lowest BCUT2D eigenvalue weighted by Gasteiger charge is -2.06. The van der Waals surface area contributed by atoms with E-state index in [-0.39, 0.29) is 0 Å². The predicted octanol–water partition coefficient (Wildman–Crippen LogP) is 3.31. The summed E-state index contributed by atoms with van der Waals surface area (Å²) < 4.78 is 2.12. The van der Waals surface area contributed by atoms with E-state index >= 15 is 0 Å². The molecule has 1 saturated carbocycles. The monoisotopic (exact) mass is 285 g/mol. The van der Waals surface area contributed by atoms with Crippen molar-refractivity contribution >= 4 is 11.6 Å². The molecule has 1 aliphatic rings. The Hall–Kier alpha value is -1.76. The maximum Gasteiger partial charge on any atom is 0.0992 e. The number of rotatable bonds is 5. The average molecular weight is 286 g/mol. The van der Waals surface area contributed by atoms with Crippen LogP contribution < -0.4 is 5.32 Å². The van der Waals surface area contributed by atoms with Gasteiger partial charge in [0.1, 0.15) is 0 Å². The van der Waals surface area contributed by atoms with Crippen molar-refractivity contribution < 1.29 is 0 Å². The molecule has 0 aliphatic heterocycles. The Balaban J connectivity index is 1.66. The minimum atomic E-state index is 0.598. The highest BCUT2D eigenvalue weighted by molar-refractivity contribution is 6.31. The Bertz CT molecular complexity index is 650. The molecule has 0 unspecified atom stereocenters. The van der Waals surface area contributed by atoms with Crippen molar-refractivity contribution in [3.63, 3.8) is 0 Å². The molecule has 1 fully saturated rings. The van der Waals surface area contributed by atoms with E-state index in [1.54, 1.807) is 12.1 Å². The van der Waals surface area contributed by atoms with Crippen molar-refractivity contribution in [2.24, 2.45) is 0 Å². The predicted molar refractivity (Wildman–Crippen MR) is 79.6 cm³/mol. The quantitative estimate of drug-likeness (QED) is 0.915. The van der Waals surface area contributed by atoms with Gasteiger partial charge >= 0.3 is 0 Å². The first kappa shape index (κ1) is 13.2. The second-order valence-corrected chi connectivity index (χ2v) is 5.67. The zero-order valence-corrected chi connectivity index (χ0v) is 11.9. The van der Waals surface area contributed by atoms with Crippen LogP contribution in [0.1, 0.15) is 29.5 Å². The first-order valence-corrected chi connectivity index (χ1v) is 7.19. The van der Waals surface area contributed by atoms with Gasteiger partial charge in [-0.15, -0.1) is 0 Å². The van der Waals surface area contributed by atoms with E-state index in [9.17, 15) is 0 Å². The normalized spacial score (nSPS) is 14.2. The first-order valence-electron chi connectivity index (χ1n) is 6.81. The van der Waals surface area contributed by atoms with E-state index in [1.807, 2.05) is 6.07 Å². The van der Waals surface area contributed by atoms with E-state index in [0.717, 1.165) is 24.7 Å². The third-order valence-corrected chi connectivity index (χ3v) is 3.87. The zero-order valence-electron chi connectivity index (χ0n) is 11.1. The zero-order chi connectivity index (χ0) is 13.9. The lowest BCUT2D eigenvalue weighted by molar-refractivity contribution is 0.685. The highest BCUT2D eigenvalue weighted by atomic mass is 35.5. The standard InChI is InChI=1S/C16H16ClN3/c17-16-7-12(8-18)1-2-14(16)11-20-6-5-13(10-20)9-19-15-3-4-15/h1-2,5-7,10,15,19H,3-4,9,11H2. The smallest absolute Gasteiger partial charge is 0.0992 e. The van der Waals surface area contributed by atoms with Crippen LogP contribution in [0.4, 0.5) is 0 Å². The summed E-state index contributed by atoms with van der Waals surface area (Å²) >= 11 is 6.20. The summed E-state index contributed by atoms with van der Waals surface area (Å²) in [6.07, 6.45) is 6.82. The van der Waals surface area contributed by atoms with Gasteiger partial charge in [-0.05, 0) is 42.2 Å². The Labute approximate surface area is 123 Å². The van der Waals surface area contributed by atoms with Crippen LogP contribution in [0.25, 0.3) is 0 Å². The molecule has 4 heteroatoms. The average Bonchev–Trinajstić information content (AvgIpc) is 3.18. The van der Waals surface area contributed by atoms with Gasteiger partial charge in [0.25, 0.3) is 0 Å². The van der Waals surface area contributed by atoms with E-state index in [4.69, 9.17) is 16.9 Å². The third-order valence-electron chi connectivity index (χ3n) is 3.52. The van der Waals surface area contributed by atoms with Gasteiger partial charge in [0.05, 0.1) is 11.6 Å². The van der Waals surface area contributed by atoms with Crippen LogP contribution in [-0.4, -0.2) is 10.6 Å². The fourth-order valence-corrected chi connectivity index (χ4v) is 2.43. The molecule has 0 saturated heterocycles. The molecule has 0 spiro atoms. The maximum atomic E-state index is 8.83. The Kier molecular flexibility index (Phi) is 3.77. The number of nitrogens with one attached hydrogen (secondary N) is 1. The number of nitrogens with zero attached hydrogens (tertiary/aromatic N) is 2. The molecule has 102 valence electrons. The van der Waals surface area contributed by atoms with Crippen molar-refractivity contribution in [1.82, 2.24) is 9.88 Å². The molecule has 0 amide bonds. The molecule has 2 aromatic rings. The molecule has 1 N–H and O–H groups in total. The highest BCUT2D eigenvalue weighted by Gasteiger charge is 2.19. The molecule has 0 bridgehead atoms. The van der Waals surface area contributed by atoms with Crippen molar-refractivity contribution in [3.8, 4) is 6.07 Å². The van der Waals surface area contributed by atoms with Gasteiger partial charge in [-0.2, -0.15) is 5.26 Å². The second-order valence-electron chi connectivity index (χ2n) is 5.27. The fourth-order valence-electron chi connectivity index (χ4n) is 2.18. The van der Waals surface area contributed by atoms with Gasteiger partial charge in [0.2, 0.25) is 0 Å². The Morgan fingerprint density at radius 1 is 1.35 bits per heavy atom. The molecule has 0 radical (unpaired) electrons. The van der Waals surface area contributed by atoms with E-state index in [1.165, 1.54) is 18.4 Å². The molecule has 20 heavy (non-hydrogen) atoms. The molecule has 1 aromatic carbocycles. The Morgan fingerprint density at radius 3 is 2.90 bits per heavy atom. The minimum absolute atomic E-state index is 0.598. The number of nitriles is 1. The van der Waals surface area contributed by atoms with Crippen LogP contribution in [0.3, 0.4) is 0 Å². The largest absolute Gasteiger partial charge is 0.350 e. The van der Waals surface area contributed by atoms with Crippen LogP contribution in [0.2, 0.25) is 5.02 Å². The third kappa shape index (κ3) is 3.22. The summed E-state index contributed by atoms with van der Waals surface area (Å²) in [7, 11) is 0. The summed E-state index contributed by atoms with van der Waals surface area (Å²) in [4.78, 5) is 0. The molecule has 1 aromatic heterocycles. The Morgan fingerprint density at radius 2 is 2.20 bits per heavy atom. The summed E-state index contributed by atoms with van der Waals surface area (Å²) in [6.45, 7) is 1.66. The van der Waals surface area contributed by atoms with Crippen molar-refractivity contribution in [2.45, 2.75) is 32.0 Å². The summed E-state index contributed by atoms with van der Waals surface area (Å²) in [5.74, 6) is 0. The van der Waals surface area contributed by atoms with E-state index in [2.05, 4.69) is 34.4 Å². The molecule has 0 atom stereocenters. The van der Waals surface area contributed by atoms with E-state index in [0.29, 0.717) is 10.6 Å². The highest BCUT2D eigenvalue weighted by Crippen LogP contribution is 2.20. The molecule has 3 rings (SSSR count). The lowest BCUT2D eigenvalue weighted by Crippen LogP contribution is -2.14. The number of halogens is 1. The van der Waals surface area contributed by atoms with E-state index < -0.39 is 0 Å². The second kappa shape index (κ2) is 5.70. The number of aromatic nitrogens is 1. The van der Waals surface area contributed by atoms with Crippen LogP contribution in [0.15, 0.2) is 36.7 Å². The fraction of sp³-hybridized carbons (Fsp3) is 0.312. The summed E-state index contributed by atoms with van der Waals surface area (Å²) in [5.41, 5.74) is 2.92. The molecule has 1 heterocycles. The minimum Gasteiger partial charge on any atom is -0.350 e. The number of hydrogen-bond acceptors (Lipinski definition) is 2. The van der Waals surface area contributed by atoms with Crippen LogP contribution in [0, 0.1) is 11.3 Å². The molecule has 3 nitrogen and oxygen atoms in total. The van der Waals surface area contributed by atoms with Crippen molar-refractivity contribution in [3.05, 3.63) is 58.4 Å². The van der Waals surface area contributed by atoms with Crippen LogP contribution in [0.5, 0.6) is 0 Å². The molecule has 1 aliphatic carbocycles. The lowest BCUT2D eigenvalue weighted by atomic mass is 10.1. The van der Waals surface area contributed by atoms with Gasteiger partial charge < -0.3 is 9.88 Å². The first-order chi connectivity index (χ1) is 9.74. The van der Waals surface area contributed by atoms with Gasteiger partial charge in [-0.3, -0.25) is 0 Å². The number of hydrogen-bond donors (Lipinski definition) is 1. The van der Waals surface area contributed by atoms with Crippen LogP contribution >= 0.6 is 11.6 Å². The van der Waals surface area contributed by atoms with Crippen LogP contribution in [-0.2, 0) is 13.1 Å². The molecular weight excluding hydrogens is 270 g/mol. The summed E-state index contributed by atoms with van der Waals surface area (Å²) in [5, 5.41) is 13.0. The van der Waals surface area contributed by atoms with Crippen molar-refractivity contribution in [1.29, 1.82) is 5.26 Å². The molecular formula is C16H16ClN3. The number of benzene rings is 1. The topological polar surface area (TPSA) is 40.8 Å². The van der Waals surface area contributed by atoms with Gasteiger partial charge in [-0.25, -0.2) is 0 Å². The van der Waals surface area contributed by atoms with Crippen molar-refractivity contribution in [2.75, 3.05) is 0 Å². The SMILES string of the molecule is N#Cc1ccc(Cn2ccc(CNC3CC3)c2)c(Cl)c1. The summed E-state index contributed by atoms with van der Waals surface area (Å²) in [6, 6.07) is 10.4.